The van der Waals surface area contributed by atoms with Gasteiger partial charge in [-0.1, -0.05) is 24.3 Å². The second-order valence-electron chi connectivity index (χ2n) is 9.30. The first kappa shape index (κ1) is 21.3. The molecule has 35 heavy (non-hydrogen) atoms. The number of benzene rings is 1. The van der Waals surface area contributed by atoms with Gasteiger partial charge in [0.05, 0.1) is 23.3 Å². The summed E-state index contributed by atoms with van der Waals surface area (Å²) in [6, 6.07) is 13.5. The molecule has 1 spiro atoms. The van der Waals surface area contributed by atoms with E-state index in [1.807, 2.05) is 59.0 Å². The Morgan fingerprint density at radius 2 is 1.89 bits per heavy atom. The summed E-state index contributed by atoms with van der Waals surface area (Å²) in [4.78, 5) is 27.3. The van der Waals surface area contributed by atoms with Crippen molar-refractivity contribution in [3.8, 4) is 22.9 Å². The highest BCUT2D eigenvalue weighted by atomic mass is 16.5. The summed E-state index contributed by atoms with van der Waals surface area (Å²) in [5.41, 5.74) is 8.48. The monoisotopic (exact) mass is 467 g/mol. The van der Waals surface area contributed by atoms with E-state index < -0.39 is 0 Å². The molecule has 1 saturated heterocycles. The van der Waals surface area contributed by atoms with Gasteiger partial charge in [0, 0.05) is 18.5 Å². The van der Waals surface area contributed by atoms with Crippen LogP contribution in [0.4, 0.5) is 5.82 Å². The number of allylic oxidation sites excluding steroid dienone is 1. The van der Waals surface area contributed by atoms with Gasteiger partial charge in [0.25, 0.3) is 0 Å². The van der Waals surface area contributed by atoms with E-state index in [-0.39, 0.29) is 17.4 Å². The standard InChI is InChI=1S/C26H25N7O2/c1-2-6-21(34)32-14-26(15-32)11-17(12-26)33-25-22(24(27)29-16-30-25)23(31-33)20-10-9-19(13-28-20)35-18-7-4-3-5-8-18/h2-10,13,16-17H,11-12,14-15H2,1H3,(H2,27,29,30). The number of hydrogen-bond donors (Lipinski definition) is 1. The Morgan fingerprint density at radius 1 is 1.09 bits per heavy atom. The number of aromatic nitrogens is 5. The number of fused-ring (bicyclic) bond motifs is 1. The van der Waals surface area contributed by atoms with Gasteiger partial charge in [0.15, 0.2) is 5.65 Å². The molecule has 2 N–H and O–H groups in total. The van der Waals surface area contributed by atoms with Gasteiger partial charge in [0.2, 0.25) is 5.91 Å². The maximum absolute atomic E-state index is 12.1. The minimum absolute atomic E-state index is 0.0830. The summed E-state index contributed by atoms with van der Waals surface area (Å²) in [5.74, 6) is 1.84. The van der Waals surface area contributed by atoms with Crippen molar-refractivity contribution >= 4 is 22.8 Å². The zero-order valence-corrected chi connectivity index (χ0v) is 19.3. The molecule has 1 amide bonds. The highest BCUT2D eigenvalue weighted by Crippen LogP contribution is 2.54. The molecule has 2 fully saturated rings. The van der Waals surface area contributed by atoms with Gasteiger partial charge in [0.1, 0.15) is 29.3 Å². The predicted molar refractivity (Wildman–Crippen MR) is 132 cm³/mol. The first-order chi connectivity index (χ1) is 17.0. The Kier molecular flexibility index (Phi) is 4.98. The molecule has 0 unspecified atom stereocenters. The summed E-state index contributed by atoms with van der Waals surface area (Å²) >= 11 is 0. The van der Waals surface area contributed by atoms with Crippen LogP contribution in [-0.4, -0.2) is 48.6 Å². The molecule has 1 aliphatic heterocycles. The van der Waals surface area contributed by atoms with E-state index in [1.165, 1.54) is 6.33 Å². The zero-order chi connectivity index (χ0) is 24.0. The first-order valence-electron chi connectivity index (χ1n) is 11.6. The average molecular weight is 468 g/mol. The molecule has 4 aromatic rings. The lowest BCUT2D eigenvalue weighted by Gasteiger charge is -2.58. The van der Waals surface area contributed by atoms with Crippen LogP contribution in [0.2, 0.25) is 0 Å². The fourth-order valence-corrected chi connectivity index (χ4v) is 5.17. The third-order valence-electron chi connectivity index (χ3n) is 6.83. The Morgan fingerprint density at radius 3 is 2.60 bits per heavy atom. The molecule has 9 nitrogen and oxygen atoms in total. The largest absolute Gasteiger partial charge is 0.456 e. The number of carbonyl (C=O) groups is 1. The molecule has 9 heteroatoms. The smallest absolute Gasteiger partial charge is 0.246 e. The number of anilines is 1. The van der Waals surface area contributed by atoms with Gasteiger partial charge in [-0.05, 0) is 50.1 Å². The van der Waals surface area contributed by atoms with Gasteiger partial charge in [-0.3, -0.25) is 9.78 Å². The molecule has 4 heterocycles. The van der Waals surface area contributed by atoms with E-state index in [0.29, 0.717) is 34.0 Å². The van der Waals surface area contributed by atoms with Gasteiger partial charge < -0.3 is 15.4 Å². The van der Waals surface area contributed by atoms with E-state index >= 15 is 0 Å². The zero-order valence-electron chi connectivity index (χ0n) is 19.3. The van der Waals surface area contributed by atoms with Crippen molar-refractivity contribution in [2.24, 2.45) is 5.41 Å². The summed E-state index contributed by atoms with van der Waals surface area (Å²) in [7, 11) is 0. The van der Waals surface area contributed by atoms with Crippen molar-refractivity contribution in [2.75, 3.05) is 18.8 Å². The van der Waals surface area contributed by atoms with Crippen molar-refractivity contribution < 1.29 is 9.53 Å². The molecular formula is C26H25N7O2. The molecule has 2 aliphatic rings. The molecule has 0 atom stereocenters. The van der Waals surface area contributed by atoms with Crippen molar-refractivity contribution in [2.45, 2.75) is 25.8 Å². The second-order valence-corrected chi connectivity index (χ2v) is 9.30. The summed E-state index contributed by atoms with van der Waals surface area (Å²) in [6.45, 7) is 3.44. The SMILES string of the molecule is CC=CC(=O)N1CC2(CC(n3nc(-c4ccc(Oc5ccccc5)cn4)c4c(N)ncnc43)C2)C1. The Hall–Kier alpha value is -4.27. The number of ether oxygens (including phenoxy) is 1. The normalized spacial score (nSPS) is 17.0. The number of carbonyl (C=O) groups excluding carboxylic acids is 1. The van der Waals surface area contributed by atoms with Crippen LogP contribution in [0.15, 0.2) is 67.1 Å². The van der Waals surface area contributed by atoms with Crippen LogP contribution >= 0.6 is 0 Å². The fraction of sp³-hybridized carbons (Fsp3) is 0.269. The number of pyridine rings is 1. The highest BCUT2D eigenvalue weighted by molar-refractivity contribution is 5.97. The molecule has 176 valence electrons. The van der Waals surface area contributed by atoms with E-state index in [0.717, 1.165) is 31.7 Å². The highest BCUT2D eigenvalue weighted by Gasteiger charge is 2.54. The van der Waals surface area contributed by atoms with Crippen LogP contribution in [0, 0.1) is 5.41 Å². The maximum atomic E-state index is 12.1. The molecule has 0 bridgehead atoms. The van der Waals surface area contributed by atoms with E-state index in [9.17, 15) is 4.79 Å². The van der Waals surface area contributed by atoms with E-state index in [2.05, 4.69) is 15.0 Å². The fourth-order valence-electron chi connectivity index (χ4n) is 5.17. The maximum Gasteiger partial charge on any atom is 0.246 e. The lowest BCUT2D eigenvalue weighted by Crippen LogP contribution is -2.63. The van der Waals surface area contributed by atoms with E-state index in [4.69, 9.17) is 15.6 Å². The average Bonchev–Trinajstić information content (AvgIpc) is 3.19. The van der Waals surface area contributed by atoms with Gasteiger partial charge in [-0.25, -0.2) is 14.6 Å². The van der Waals surface area contributed by atoms with Crippen LogP contribution < -0.4 is 10.5 Å². The molecular weight excluding hydrogens is 442 g/mol. The Labute approximate surface area is 202 Å². The third kappa shape index (κ3) is 3.69. The number of likely N-dealkylation sites (tertiary alicyclic amines) is 1. The minimum atomic E-state index is 0.0830. The molecule has 3 aromatic heterocycles. The van der Waals surface area contributed by atoms with Crippen molar-refractivity contribution in [1.82, 2.24) is 29.6 Å². The second kappa shape index (κ2) is 8.19. The Balaban J connectivity index is 1.25. The van der Waals surface area contributed by atoms with Crippen LogP contribution in [0.1, 0.15) is 25.8 Å². The first-order valence-corrected chi connectivity index (χ1v) is 11.6. The molecule has 1 aliphatic carbocycles. The molecule has 0 radical (unpaired) electrons. The lowest BCUT2D eigenvalue weighted by atomic mass is 9.60. The van der Waals surface area contributed by atoms with Crippen molar-refractivity contribution in [1.29, 1.82) is 0 Å². The van der Waals surface area contributed by atoms with Gasteiger partial charge in [-0.2, -0.15) is 5.10 Å². The quantitative estimate of drug-likeness (QED) is 0.442. The number of hydrogen-bond acceptors (Lipinski definition) is 7. The number of amides is 1. The van der Waals surface area contributed by atoms with Gasteiger partial charge >= 0.3 is 0 Å². The van der Waals surface area contributed by atoms with Crippen molar-refractivity contribution in [3.05, 3.63) is 67.1 Å². The van der Waals surface area contributed by atoms with Gasteiger partial charge in [-0.15, -0.1) is 0 Å². The van der Waals surface area contributed by atoms with Crippen LogP contribution in [0.25, 0.3) is 22.4 Å². The summed E-state index contributed by atoms with van der Waals surface area (Å²) in [5, 5.41) is 5.61. The third-order valence-corrected chi connectivity index (χ3v) is 6.83. The number of rotatable bonds is 5. The molecule has 6 rings (SSSR count). The number of nitrogens with two attached hydrogens (primary N) is 1. The van der Waals surface area contributed by atoms with Crippen LogP contribution in [0.5, 0.6) is 11.5 Å². The predicted octanol–water partition coefficient (Wildman–Crippen LogP) is 4.00. The topological polar surface area (TPSA) is 112 Å². The summed E-state index contributed by atoms with van der Waals surface area (Å²) < 4.78 is 7.82. The minimum Gasteiger partial charge on any atom is -0.456 e. The molecule has 1 aromatic carbocycles. The number of para-hydroxylation sites is 1. The van der Waals surface area contributed by atoms with Crippen LogP contribution in [-0.2, 0) is 4.79 Å². The summed E-state index contributed by atoms with van der Waals surface area (Å²) in [6.07, 6.45) is 8.45. The number of nitrogens with zero attached hydrogens (tertiary/aromatic N) is 6. The lowest BCUT2D eigenvalue weighted by molar-refractivity contribution is -0.148. The molecule has 1 saturated carbocycles. The Bertz CT molecular complexity index is 1420. The van der Waals surface area contributed by atoms with Crippen LogP contribution in [0.3, 0.4) is 0 Å². The van der Waals surface area contributed by atoms with E-state index in [1.54, 1.807) is 18.3 Å². The van der Waals surface area contributed by atoms with Crippen molar-refractivity contribution in [3.63, 3.8) is 0 Å². The number of nitrogen functional groups attached to an aromatic ring is 1.